The first kappa shape index (κ1) is 25.6. The SMILES string of the molecule is CN=C(NCc1ccccc1-n1nc(C)cc1C)NCC1(S(C)(=O)=O)CCOCC1.I. The summed E-state index contributed by atoms with van der Waals surface area (Å²) in [6.45, 7) is 5.75. The van der Waals surface area contributed by atoms with E-state index in [0.717, 1.165) is 22.6 Å². The third kappa shape index (κ3) is 5.98. The van der Waals surface area contributed by atoms with E-state index in [0.29, 0.717) is 45.1 Å². The summed E-state index contributed by atoms with van der Waals surface area (Å²) in [6, 6.07) is 10.1. The van der Waals surface area contributed by atoms with Gasteiger partial charge < -0.3 is 15.4 Å². The normalized spacial score (nSPS) is 16.5. The highest BCUT2D eigenvalue weighted by Crippen LogP contribution is 2.28. The highest BCUT2D eigenvalue weighted by atomic mass is 127. The predicted octanol–water partition coefficient (Wildman–Crippen LogP) is 2.37. The van der Waals surface area contributed by atoms with Gasteiger partial charge in [-0.1, -0.05) is 18.2 Å². The summed E-state index contributed by atoms with van der Waals surface area (Å²) in [5.41, 5.74) is 4.10. The number of benzene rings is 1. The molecule has 8 nitrogen and oxygen atoms in total. The van der Waals surface area contributed by atoms with E-state index in [2.05, 4.69) is 20.7 Å². The van der Waals surface area contributed by atoms with Crippen LogP contribution in [0.2, 0.25) is 0 Å². The second-order valence-corrected chi connectivity index (χ2v) is 10.2. The van der Waals surface area contributed by atoms with Crippen LogP contribution in [0.15, 0.2) is 35.3 Å². The Kier molecular flexibility index (Phi) is 8.90. The number of halogens is 1. The highest BCUT2D eigenvalue weighted by molar-refractivity contribution is 14.0. The van der Waals surface area contributed by atoms with Crippen molar-refractivity contribution in [2.75, 3.05) is 33.1 Å². The Morgan fingerprint density at radius 2 is 1.90 bits per heavy atom. The van der Waals surface area contributed by atoms with Crippen LogP contribution < -0.4 is 10.6 Å². The summed E-state index contributed by atoms with van der Waals surface area (Å²) in [7, 11) is -1.56. The summed E-state index contributed by atoms with van der Waals surface area (Å²) in [5, 5.41) is 11.1. The summed E-state index contributed by atoms with van der Waals surface area (Å²) in [6.07, 6.45) is 2.27. The van der Waals surface area contributed by atoms with Gasteiger partial charge in [-0.25, -0.2) is 13.1 Å². The number of aliphatic imine (C=N–C) groups is 1. The number of nitrogens with zero attached hydrogens (tertiary/aromatic N) is 3. The predicted molar refractivity (Wildman–Crippen MR) is 134 cm³/mol. The Morgan fingerprint density at radius 3 is 2.48 bits per heavy atom. The van der Waals surface area contributed by atoms with Crippen molar-refractivity contribution in [3.8, 4) is 5.69 Å². The molecule has 2 N–H and O–H groups in total. The van der Waals surface area contributed by atoms with E-state index in [9.17, 15) is 8.42 Å². The van der Waals surface area contributed by atoms with Gasteiger partial charge in [-0.3, -0.25) is 4.99 Å². The minimum Gasteiger partial charge on any atom is -0.381 e. The number of rotatable bonds is 6. The number of hydrogen-bond acceptors (Lipinski definition) is 5. The van der Waals surface area contributed by atoms with Gasteiger partial charge in [0.05, 0.1) is 16.1 Å². The number of hydrogen-bond donors (Lipinski definition) is 2. The Bertz CT molecular complexity index is 1010. The number of aromatic nitrogens is 2. The van der Waals surface area contributed by atoms with Gasteiger partial charge in [0, 0.05) is 45.3 Å². The van der Waals surface area contributed by atoms with Gasteiger partial charge in [0.2, 0.25) is 0 Å². The van der Waals surface area contributed by atoms with Crippen molar-refractivity contribution < 1.29 is 13.2 Å². The molecular formula is C21H32IN5O3S. The van der Waals surface area contributed by atoms with E-state index >= 15 is 0 Å². The quantitative estimate of drug-likeness (QED) is 0.320. The van der Waals surface area contributed by atoms with Crippen molar-refractivity contribution in [2.45, 2.75) is 38.0 Å². The lowest BCUT2D eigenvalue weighted by Crippen LogP contribution is -2.53. The Hall–Kier alpha value is -1.66. The third-order valence-corrected chi connectivity index (χ3v) is 7.79. The molecular weight excluding hydrogens is 529 g/mol. The van der Waals surface area contributed by atoms with E-state index in [1.54, 1.807) is 7.05 Å². The van der Waals surface area contributed by atoms with Gasteiger partial charge in [-0.05, 0) is 44.4 Å². The van der Waals surface area contributed by atoms with Crippen LogP contribution in [-0.2, 0) is 21.1 Å². The first-order valence-electron chi connectivity index (χ1n) is 10.1. The topological polar surface area (TPSA) is 97.6 Å². The molecule has 0 spiro atoms. The number of guanidine groups is 1. The van der Waals surface area contributed by atoms with Crippen molar-refractivity contribution in [1.29, 1.82) is 0 Å². The molecule has 2 aromatic rings. The van der Waals surface area contributed by atoms with E-state index in [1.165, 1.54) is 6.26 Å². The van der Waals surface area contributed by atoms with E-state index in [1.807, 2.05) is 48.9 Å². The summed E-state index contributed by atoms with van der Waals surface area (Å²) in [5.74, 6) is 0.563. The average Bonchev–Trinajstić information content (AvgIpc) is 3.06. The van der Waals surface area contributed by atoms with Gasteiger partial charge in [-0.15, -0.1) is 24.0 Å². The zero-order valence-electron chi connectivity index (χ0n) is 18.5. The number of nitrogens with one attached hydrogen (secondary N) is 2. The Labute approximate surface area is 201 Å². The van der Waals surface area contributed by atoms with Gasteiger partial charge in [0.25, 0.3) is 0 Å². The summed E-state index contributed by atoms with van der Waals surface area (Å²) in [4.78, 5) is 4.27. The molecule has 2 heterocycles. The first-order chi connectivity index (χ1) is 14.3. The molecule has 3 rings (SSSR count). The van der Waals surface area contributed by atoms with E-state index in [-0.39, 0.29) is 24.0 Å². The van der Waals surface area contributed by atoms with Crippen LogP contribution >= 0.6 is 24.0 Å². The molecule has 1 aliphatic rings. The molecule has 1 fully saturated rings. The summed E-state index contributed by atoms with van der Waals surface area (Å²) < 4.78 is 31.4. The van der Waals surface area contributed by atoms with E-state index < -0.39 is 14.6 Å². The molecule has 0 bridgehead atoms. The molecule has 31 heavy (non-hydrogen) atoms. The number of aryl methyl sites for hydroxylation is 2. The van der Waals surface area contributed by atoms with Gasteiger partial charge in [0.15, 0.2) is 15.8 Å². The van der Waals surface area contributed by atoms with Crippen molar-refractivity contribution in [2.24, 2.45) is 4.99 Å². The fourth-order valence-electron chi connectivity index (χ4n) is 3.81. The van der Waals surface area contributed by atoms with Crippen LogP contribution in [-0.4, -0.2) is 62.0 Å². The van der Waals surface area contributed by atoms with Crippen molar-refractivity contribution >= 4 is 39.8 Å². The van der Waals surface area contributed by atoms with Gasteiger partial charge in [-0.2, -0.15) is 5.10 Å². The van der Waals surface area contributed by atoms with Crippen LogP contribution in [0.4, 0.5) is 0 Å². The molecule has 172 valence electrons. The second kappa shape index (κ2) is 10.8. The van der Waals surface area contributed by atoms with Crippen LogP contribution in [0.1, 0.15) is 29.8 Å². The lowest BCUT2D eigenvalue weighted by atomic mass is 9.99. The minimum atomic E-state index is -3.24. The van der Waals surface area contributed by atoms with Crippen LogP contribution in [0.5, 0.6) is 0 Å². The standard InChI is InChI=1S/C21H31N5O3S.HI/c1-16-13-17(2)26(25-16)19-8-6-5-7-18(19)14-23-20(22-3)24-15-21(30(4,27)28)9-11-29-12-10-21;/h5-8,13H,9-12,14-15H2,1-4H3,(H2,22,23,24);1H. The highest BCUT2D eigenvalue weighted by Gasteiger charge is 2.42. The van der Waals surface area contributed by atoms with Crippen LogP contribution in [0, 0.1) is 13.8 Å². The molecule has 1 aliphatic heterocycles. The van der Waals surface area contributed by atoms with Crippen molar-refractivity contribution in [1.82, 2.24) is 20.4 Å². The molecule has 0 unspecified atom stereocenters. The van der Waals surface area contributed by atoms with Crippen molar-refractivity contribution in [3.05, 3.63) is 47.3 Å². The lowest BCUT2D eigenvalue weighted by Gasteiger charge is -2.35. The maximum atomic E-state index is 12.5. The molecule has 1 saturated heterocycles. The zero-order chi connectivity index (χ0) is 21.8. The summed E-state index contributed by atoms with van der Waals surface area (Å²) >= 11 is 0. The Morgan fingerprint density at radius 1 is 1.23 bits per heavy atom. The molecule has 0 saturated carbocycles. The maximum absolute atomic E-state index is 12.5. The van der Waals surface area contributed by atoms with Crippen LogP contribution in [0.3, 0.4) is 0 Å². The average molecular weight is 561 g/mol. The lowest BCUT2D eigenvalue weighted by molar-refractivity contribution is 0.0756. The smallest absolute Gasteiger partial charge is 0.191 e. The first-order valence-corrected chi connectivity index (χ1v) is 12.0. The molecule has 0 radical (unpaired) electrons. The fraction of sp³-hybridized carbons (Fsp3) is 0.524. The molecule has 10 heteroatoms. The number of ether oxygens (including phenoxy) is 1. The second-order valence-electron chi connectivity index (χ2n) is 7.81. The monoisotopic (exact) mass is 561 g/mol. The van der Waals surface area contributed by atoms with Gasteiger partial charge >= 0.3 is 0 Å². The molecule has 0 atom stereocenters. The molecule has 0 amide bonds. The number of para-hydroxylation sites is 1. The largest absolute Gasteiger partial charge is 0.381 e. The fourth-order valence-corrected chi connectivity index (χ4v) is 5.05. The van der Waals surface area contributed by atoms with E-state index in [4.69, 9.17) is 4.74 Å². The molecule has 1 aromatic carbocycles. The maximum Gasteiger partial charge on any atom is 0.191 e. The molecule has 0 aliphatic carbocycles. The number of sulfone groups is 1. The van der Waals surface area contributed by atoms with Crippen molar-refractivity contribution in [3.63, 3.8) is 0 Å². The third-order valence-electron chi connectivity index (χ3n) is 5.67. The minimum absolute atomic E-state index is 0. The molecule has 1 aromatic heterocycles. The zero-order valence-corrected chi connectivity index (χ0v) is 21.7. The van der Waals surface area contributed by atoms with Gasteiger partial charge in [0.1, 0.15) is 0 Å². The Balaban J connectivity index is 0.00000341. The van der Waals surface area contributed by atoms with Crippen LogP contribution in [0.25, 0.3) is 5.69 Å².